The summed E-state index contributed by atoms with van der Waals surface area (Å²) < 4.78 is 14.2. The fourth-order valence-electron chi connectivity index (χ4n) is 2.65. The summed E-state index contributed by atoms with van der Waals surface area (Å²) in [5.41, 5.74) is 0. The van der Waals surface area contributed by atoms with Crippen LogP contribution in [0.25, 0.3) is 10.1 Å². The lowest BCUT2D eigenvalue weighted by atomic mass is 9.91. The highest BCUT2D eigenvalue weighted by Gasteiger charge is 2.29. The largest absolute Gasteiger partial charge is 0.396 e. The first-order valence-electron chi connectivity index (χ1n) is 7.30. The molecule has 1 fully saturated rings. The van der Waals surface area contributed by atoms with E-state index in [2.05, 4.69) is 0 Å². The molecule has 2 aromatic rings. The number of hydrogen-bond acceptors (Lipinski definition) is 3. The van der Waals surface area contributed by atoms with Crippen LogP contribution in [0.4, 0.5) is 4.39 Å². The fraction of sp³-hybridized carbons (Fsp3) is 0.438. The van der Waals surface area contributed by atoms with Crippen molar-refractivity contribution in [1.82, 2.24) is 4.90 Å². The number of rotatable bonds is 5. The quantitative estimate of drug-likeness (QED) is 0.919. The number of carbonyl (C=O) groups is 1. The lowest BCUT2D eigenvalue weighted by Gasteiger charge is -2.37. The van der Waals surface area contributed by atoms with Crippen LogP contribution in [-0.4, -0.2) is 35.1 Å². The molecule has 1 aliphatic rings. The Bertz CT molecular complexity index is 651. The third kappa shape index (κ3) is 2.94. The average molecular weight is 307 g/mol. The number of aliphatic hydroxyl groups excluding tert-OH is 1. The smallest absolute Gasteiger partial charge is 0.264 e. The fourth-order valence-corrected chi connectivity index (χ4v) is 3.65. The highest BCUT2D eigenvalue weighted by Crippen LogP contribution is 2.31. The Labute approximate surface area is 127 Å². The Hall–Kier alpha value is -1.46. The third-order valence-electron chi connectivity index (χ3n) is 4.02. The summed E-state index contributed by atoms with van der Waals surface area (Å²) in [6.45, 7) is 0.677. The molecule has 0 radical (unpaired) electrons. The van der Waals surface area contributed by atoms with Gasteiger partial charge in [0, 0.05) is 23.9 Å². The number of carbonyl (C=O) groups excluding carboxylic acids is 1. The summed E-state index contributed by atoms with van der Waals surface area (Å²) in [7, 11) is 0. The number of fused-ring (bicyclic) bond motifs is 1. The Morgan fingerprint density at radius 1 is 1.38 bits per heavy atom. The average Bonchev–Trinajstić information content (AvgIpc) is 2.83. The number of halogens is 1. The molecule has 0 spiro atoms. The van der Waals surface area contributed by atoms with E-state index in [-0.39, 0.29) is 18.3 Å². The summed E-state index contributed by atoms with van der Waals surface area (Å²) in [5.74, 6) is -0.273. The number of nitrogens with zero attached hydrogens (tertiary/aromatic N) is 1. The van der Waals surface area contributed by atoms with E-state index in [1.54, 1.807) is 12.1 Å². The second-order valence-electron chi connectivity index (χ2n) is 5.45. The first-order valence-corrected chi connectivity index (χ1v) is 8.11. The van der Waals surface area contributed by atoms with Crippen molar-refractivity contribution >= 4 is 27.3 Å². The summed E-state index contributed by atoms with van der Waals surface area (Å²) >= 11 is 1.41. The first kappa shape index (κ1) is 14.5. The molecule has 5 heteroatoms. The zero-order chi connectivity index (χ0) is 14.8. The van der Waals surface area contributed by atoms with Crippen molar-refractivity contribution in [2.75, 3.05) is 13.2 Å². The minimum absolute atomic E-state index is 0.00904. The zero-order valence-corrected chi connectivity index (χ0v) is 12.5. The van der Waals surface area contributed by atoms with Crippen molar-refractivity contribution < 1.29 is 14.3 Å². The van der Waals surface area contributed by atoms with Gasteiger partial charge in [0.05, 0.1) is 4.88 Å². The molecule has 21 heavy (non-hydrogen) atoms. The minimum atomic E-state index is -0.282. The summed E-state index contributed by atoms with van der Waals surface area (Å²) in [4.78, 5) is 15.2. The highest BCUT2D eigenvalue weighted by molar-refractivity contribution is 7.20. The van der Waals surface area contributed by atoms with E-state index < -0.39 is 0 Å². The van der Waals surface area contributed by atoms with Crippen molar-refractivity contribution in [2.45, 2.75) is 31.7 Å². The maximum atomic E-state index is 13.2. The van der Waals surface area contributed by atoms with E-state index in [1.807, 2.05) is 4.90 Å². The van der Waals surface area contributed by atoms with Gasteiger partial charge in [0.25, 0.3) is 5.91 Å². The van der Waals surface area contributed by atoms with Gasteiger partial charge in [-0.25, -0.2) is 4.39 Å². The van der Waals surface area contributed by atoms with Gasteiger partial charge in [0.1, 0.15) is 5.82 Å². The molecule has 0 aliphatic heterocycles. The van der Waals surface area contributed by atoms with Gasteiger partial charge in [-0.2, -0.15) is 0 Å². The van der Waals surface area contributed by atoms with Gasteiger partial charge >= 0.3 is 0 Å². The van der Waals surface area contributed by atoms with Crippen molar-refractivity contribution in [3.8, 4) is 0 Å². The lowest BCUT2D eigenvalue weighted by Crippen LogP contribution is -2.44. The van der Waals surface area contributed by atoms with Gasteiger partial charge in [0.2, 0.25) is 0 Å². The molecule has 3 rings (SSSR count). The van der Waals surface area contributed by atoms with Gasteiger partial charge in [0.15, 0.2) is 0 Å². The standard InChI is InChI=1S/C16H18FNO2S/c17-12-5-6-14-11(9-12)10-15(21-14)16(20)18(7-2-8-19)13-3-1-4-13/h5-6,9-10,13,19H,1-4,7-8H2. The van der Waals surface area contributed by atoms with Crippen LogP contribution in [0, 0.1) is 5.82 Å². The Balaban J connectivity index is 1.85. The lowest BCUT2D eigenvalue weighted by molar-refractivity contribution is 0.0567. The van der Waals surface area contributed by atoms with Crippen LogP contribution in [0.2, 0.25) is 0 Å². The van der Waals surface area contributed by atoms with Crippen LogP contribution < -0.4 is 0 Å². The summed E-state index contributed by atoms with van der Waals surface area (Å²) in [6, 6.07) is 6.67. The SMILES string of the molecule is O=C(c1cc2cc(F)ccc2s1)N(CCCO)C1CCC1. The molecule has 1 aliphatic carbocycles. The number of amides is 1. The van der Waals surface area contributed by atoms with Crippen LogP contribution in [0.5, 0.6) is 0 Å². The molecule has 1 N–H and O–H groups in total. The number of hydrogen-bond donors (Lipinski definition) is 1. The second-order valence-corrected chi connectivity index (χ2v) is 6.54. The minimum Gasteiger partial charge on any atom is -0.396 e. The molecule has 1 amide bonds. The summed E-state index contributed by atoms with van der Waals surface area (Å²) in [6.07, 6.45) is 3.83. The van der Waals surface area contributed by atoms with E-state index in [0.29, 0.717) is 23.9 Å². The number of thiophene rings is 1. The van der Waals surface area contributed by atoms with E-state index in [1.165, 1.54) is 23.5 Å². The maximum Gasteiger partial charge on any atom is 0.264 e. The molecule has 3 nitrogen and oxygen atoms in total. The van der Waals surface area contributed by atoms with Crippen molar-refractivity contribution in [3.63, 3.8) is 0 Å². The van der Waals surface area contributed by atoms with Crippen LogP contribution in [0.15, 0.2) is 24.3 Å². The number of benzene rings is 1. The highest BCUT2D eigenvalue weighted by atomic mass is 32.1. The summed E-state index contributed by atoms with van der Waals surface area (Å²) in [5, 5.41) is 9.78. The molecular formula is C16H18FNO2S. The Kier molecular flexibility index (Phi) is 4.22. The molecule has 0 bridgehead atoms. The van der Waals surface area contributed by atoms with E-state index in [0.717, 1.165) is 29.3 Å². The third-order valence-corrected chi connectivity index (χ3v) is 5.13. The molecular weight excluding hydrogens is 289 g/mol. The van der Waals surface area contributed by atoms with Crippen LogP contribution >= 0.6 is 11.3 Å². The van der Waals surface area contributed by atoms with Crippen molar-refractivity contribution in [3.05, 3.63) is 35.0 Å². The van der Waals surface area contributed by atoms with Crippen molar-refractivity contribution in [2.24, 2.45) is 0 Å². The van der Waals surface area contributed by atoms with Gasteiger partial charge in [-0.15, -0.1) is 11.3 Å². The van der Waals surface area contributed by atoms with E-state index in [4.69, 9.17) is 5.11 Å². The zero-order valence-electron chi connectivity index (χ0n) is 11.7. The molecule has 0 saturated heterocycles. The van der Waals surface area contributed by atoms with E-state index >= 15 is 0 Å². The normalized spacial score (nSPS) is 15.1. The van der Waals surface area contributed by atoms with Crippen LogP contribution in [0.3, 0.4) is 0 Å². The molecule has 1 aromatic heterocycles. The molecule has 0 atom stereocenters. The maximum absolute atomic E-state index is 13.2. The monoisotopic (exact) mass is 307 g/mol. The van der Waals surface area contributed by atoms with Gasteiger partial charge in [-0.3, -0.25) is 4.79 Å². The number of aliphatic hydroxyl groups is 1. The van der Waals surface area contributed by atoms with Crippen LogP contribution in [-0.2, 0) is 0 Å². The molecule has 0 unspecified atom stereocenters. The predicted octanol–water partition coefficient (Wildman–Crippen LogP) is 3.42. The van der Waals surface area contributed by atoms with Gasteiger partial charge in [-0.05, 0) is 55.3 Å². The van der Waals surface area contributed by atoms with Gasteiger partial charge < -0.3 is 10.0 Å². The van der Waals surface area contributed by atoms with E-state index in [9.17, 15) is 9.18 Å². The van der Waals surface area contributed by atoms with Crippen LogP contribution in [0.1, 0.15) is 35.4 Å². The van der Waals surface area contributed by atoms with Gasteiger partial charge in [-0.1, -0.05) is 0 Å². The Morgan fingerprint density at radius 2 is 2.19 bits per heavy atom. The second kappa shape index (κ2) is 6.12. The molecule has 1 saturated carbocycles. The molecule has 112 valence electrons. The molecule has 1 aromatic carbocycles. The predicted molar refractivity (Wildman–Crippen MR) is 82.2 cm³/mol. The molecule has 1 heterocycles. The topological polar surface area (TPSA) is 40.5 Å². The van der Waals surface area contributed by atoms with Crippen molar-refractivity contribution in [1.29, 1.82) is 0 Å². The Morgan fingerprint density at radius 3 is 2.86 bits per heavy atom. The first-order chi connectivity index (χ1) is 10.2.